The van der Waals surface area contributed by atoms with Crippen LogP contribution in [0.1, 0.15) is 43.0 Å². The summed E-state index contributed by atoms with van der Waals surface area (Å²) in [5.41, 5.74) is 0.427. The Morgan fingerprint density at radius 2 is 2.10 bits per heavy atom. The van der Waals surface area contributed by atoms with Crippen LogP contribution in [0.5, 0.6) is 0 Å². The quantitative estimate of drug-likeness (QED) is 0.775. The zero-order valence-corrected chi connectivity index (χ0v) is 12.7. The van der Waals surface area contributed by atoms with Crippen LogP contribution in [0.4, 0.5) is 10.5 Å². The third kappa shape index (κ3) is 3.67. The van der Waals surface area contributed by atoms with Crippen molar-refractivity contribution in [3.8, 4) is 0 Å². The fourth-order valence-electron chi connectivity index (χ4n) is 2.57. The Kier molecular flexibility index (Phi) is 4.73. The number of benzene rings is 1. The lowest BCUT2D eigenvalue weighted by Crippen LogP contribution is -2.43. The van der Waals surface area contributed by atoms with Gasteiger partial charge in [-0.3, -0.25) is 0 Å². The molecular formula is C15H19ClN2O3. The summed E-state index contributed by atoms with van der Waals surface area (Å²) in [6.07, 6.45) is 4.49. The highest BCUT2D eigenvalue weighted by molar-refractivity contribution is 6.31. The molecule has 0 saturated heterocycles. The van der Waals surface area contributed by atoms with E-state index < -0.39 is 12.0 Å². The first kappa shape index (κ1) is 15.6. The number of aromatic carboxylic acids is 1. The summed E-state index contributed by atoms with van der Waals surface area (Å²) >= 11 is 5.84. The molecule has 0 spiro atoms. The summed E-state index contributed by atoms with van der Waals surface area (Å²) in [6.45, 7) is 2.73. The lowest BCUT2D eigenvalue weighted by Gasteiger charge is -2.41. The maximum absolute atomic E-state index is 11.9. The van der Waals surface area contributed by atoms with Gasteiger partial charge in [-0.05, 0) is 42.9 Å². The Labute approximate surface area is 128 Å². The number of rotatable bonds is 5. The van der Waals surface area contributed by atoms with E-state index in [0.29, 0.717) is 11.6 Å². The normalized spacial score (nSPS) is 15.9. The molecule has 5 nitrogen and oxygen atoms in total. The molecule has 21 heavy (non-hydrogen) atoms. The second-order valence-corrected chi connectivity index (χ2v) is 5.95. The number of anilines is 1. The van der Waals surface area contributed by atoms with Crippen molar-refractivity contribution in [2.24, 2.45) is 5.41 Å². The minimum absolute atomic E-state index is 0.0170. The molecule has 1 aromatic rings. The van der Waals surface area contributed by atoms with Gasteiger partial charge in [0.2, 0.25) is 0 Å². The van der Waals surface area contributed by atoms with Crippen molar-refractivity contribution in [1.82, 2.24) is 5.32 Å². The Bertz CT molecular complexity index is 550. The lowest BCUT2D eigenvalue weighted by atomic mass is 9.67. The number of halogens is 1. The summed E-state index contributed by atoms with van der Waals surface area (Å²) < 4.78 is 0. The average Bonchev–Trinajstić information content (AvgIpc) is 2.37. The molecule has 1 aliphatic rings. The van der Waals surface area contributed by atoms with Crippen LogP contribution in [0.25, 0.3) is 0 Å². The molecule has 2 amide bonds. The number of amides is 2. The van der Waals surface area contributed by atoms with Crippen LogP contribution >= 0.6 is 11.6 Å². The van der Waals surface area contributed by atoms with Crippen LogP contribution in [-0.2, 0) is 0 Å². The highest BCUT2D eigenvalue weighted by atomic mass is 35.5. The highest BCUT2D eigenvalue weighted by Crippen LogP contribution is 2.43. The smallest absolute Gasteiger partial charge is 0.337 e. The zero-order valence-electron chi connectivity index (χ0n) is 11.9. The van der Waals surface area contributed by atoms with Crippen molar-refractivity contribution in [3.05, 3.63) is 28.8 Å². The summed E-state index contributed by atoms with van der Waals surface area (Å²) in [6, 6.07) is 3.89. The van der Waals surface area contributed by atoms with Gasteiger partial charge < -0.3 is 15.7 Å². The minimum atomic E-state index is -1.11. The molecule has 1 fully saturated rings. The average molecular weight is 311 g/mol. The van der Waals surface area contributed by atoms with Crippen molar-refractivity contribution in [1.29, 1.82) is 0 Å². The van der Waals surface area contributed by atoms with Crippen LogP contribution in [-0.4, -0.2) is 23.7 Å². The summed E-state index contributed by atoms with van der Waals surface area (Å²) in [5.74, 6) is -1.11. The van der Waals surface area contributed by atoms with E-state index in [1.807, 2.05) is 0 Å². The van der Waals surface area contributed by atoms with E-state index in [2.05, 4.69) is 17.6 Å². The van der Waals surface area contributed by atoms with Crippen LogP contribution in [0, 0.1) is 5.41 Å². The van der Waals surface area contributed by atoms with E-state index >= 15 is 0 Å². The predicted octanol–water partition coefficient (Wildman–Crippen LogP) is 3.74. The molecule has 1 aromatic carbocycles. The number of hydrogen-bond acceptors (Lipinski definition) is 2. The molecule has 0 aromatic heterocycles. The number of carboxylic acid groups (broad SMARTS) is 1. The van der Waals surface area contributed by atoms with Gasteiger partial charge in [0.25, 0.3) is 0 Å². The maximum Gasteiger partial charge on any atom is 0.337 e. The second-order valence-electron chi connectivity index (χ2n) is 5.51. The van der Waals surface area contributed by atoms with E-state index in [9.17, 15) is 9.59 Å². The summed E-state index contributed by atoms with van der Waals surface area (Å²) in [4.78, 5) is 23.1. The second kappa shape index (κ2) is 6.35. The van der Waals surface area contributed by atoms with Gasteiger partial charge in [-0.15, -0.1) is 0 Å². The standard InChI is InChI=1S/C15H19ClN2O3/c1-2-15(6-3-7-15)9-17-14(21)18-12-8-10(16)4-5-11(12)13(19)20/h4-5,8H,2-3,6-7,9H2,1H3,(H,19,20)(H2,17,18,21). The molecule has 0 unspecified atom stereocenters. The fourth-order valence-corrected chi connectivity index (χ4v) is 2.74. The minimum Gasteiger partial charge on any atom is -0.478 e. The third-order valence-electron chi connectivity index (χ3n) is 4.25. The van der Waals surface area contributed by atoms with E-state index in [-0.39, 0.29) is 16.7 Å². The third-order valence-corrected chi connectivity index (χ3v) is 4.48. The van der Waals surface area contributed by atoms with E-state index in [4.69, 9.17) is 16.7 Å². The Hall–Kier alpha value is -1.75. The number of nitrogens with one attached hydrogen (secondary N) is 2. The van der Waals surface area contributed by atoms with E-state index in [1.54, 1.807) is 0 Å². The van der Waals surface area contributed by atoms with Gasteiger partial charge in [-0.1, -0.05) is 24.9 Å². The molecule has 2 rings (SSSR count). The Morgan fingerprint density at radius 1 is 1.38 bits per heavy atom. The number of hydrogen-bond donors (Lipinski definition) is 3. The number of urea groups is 1. The van der Waals surface area contributed by atoms with Crippen LogP contribution < -0.4 is 10.6 Å². The van der Waals surface area contributed by atoms with Gasteiger partial charge in [0.05, 0.1) is 11.3 Å². The summed E-state index contributed by atoms with van der Waals surface area (Å²) in [5, 5.41) is 14.9. The van der Waals surface area contributed by atoms with Crippen molar-refractivity contribution in [2.45, 2.75) is 32.6 Å². The van der Waals surface area contributed by atoms with Gasteiger partial charge in [-0.2, -0.15) is 0 Å². The van der Waals surface area contributed by atoms with Crippen molar-refractivity contribution in [2.75, 3.05) is 11.9 Å². The van der Waals surface area contributed by atoms with Crippen LogP contribution in [0.15, 0.2) is 18.2 Å². The number of carboxylic acids is 1. The fraction of sp³-hybridized carbons (Fsp3) is 0.467. The molecule has 114 valence electrons. The molecule has 0 heterocycles. The first-order valence-corrected chi connectivity index (χ1v) is 7.41. The Morgan fingerprint density at radius 3 is 2.62 bits per heavy atom. The van der Waals surface area contributed by atoms with Gasteiger partial charge in [-0.25, -0.2) is 9.59 Å². The lowest BCUT2D eigenvalue weighted by molar-refractivity contribution is 0.0698. The van der Waals surface area contributed by atoms with Gasteiger partial charge in [0.15, 0.2) is 0 Å². The van der Waals surface area contributed by atoms with Gasteiger partial charge in [0, 0.05) is 11.6 Å². The summed E-state index contributed by atoms with van der Waals surface area (Å²) in [7, 11) is 0. The first-order chi connectivity index (χ1) is 9.96. The highest BCUT2D eigenvalue weighted by Gasteiger charge is 2.35. The topological polar surface area (TPSA) is 78.4 Å². The largest absolute Gasteiger partial charge is 0.478 e. The molecule has 3 N–H and O–H groups in total. The SMILES string of the molecule is CCC1(CNC(=O)Nc2cc(Cl)ccc2C(=O)O)CCC1. The van der Waals surface area contributed by atoms with Crippen molar-refractivity contribution in [3.63, 3.8) is 0 Å². The van der Waals surface area contributed by atoms with Crippen molar-refractivity contribution >= 4 is 29.3 Å². The first-order valence-electron chi connectivity index (χ1n) is 7.03. The van der Waals surface area contributed by atoms with Crippen LogP contribution in [0.3, 0.4) is 0 Å². The molecule has 1 aliphatic carbocycles. The monoisotopic (exact) mass is 310 g/mol. The maximum atomic E-state index is 11.9. The predicted molar refractivity (Wildman–Crippen MR) is 82.0 cm³/mol. The van der Waals surface area contributed by atoms with E-state index in [0.717, 1.165) is 19.3 Å². The molecule has 0 atom stereocenters. The van der Waals surface area contributed by atoms with Gasteiger partial charge in [0.1, 0.15) is 0 Å². The number of carbonyl (C=O) groups is 2. The molecule has 6 heteroatoms. The number of carbonyl (C=O) groups excluding carboxylic acids is 1. The van der Waals surface area contributed by atoms with E-state index in [1.165, 1.54) is 24.6 Å². The zero-order chi connectivity index (χ0) is 15.5. The Balaban J connectivity index is 1.99. The molecule has 0 radical (unpaired) electrons. The molecule has 1 saturated carbocycles. The van der Waals surface area contributed by atoms with Gasteiger partial charge >= 0.3 is 12.0 Å². The molecular weight excluding hydrogens is 292 g/mol. The molecule has 0 bridgehead atoms. The molecule has 0 aliphatic heterocycles. The van der Waals surface area contributed by atoms with Crippen molar-refractivity contribution < 1.29 is 14.7 Å². The van der Waals surface area contributed by atoms with Crippen LogP contribution in [0.2, 0.25) is 5.02 Å².